The van der Waals surface area contributed by atoms with Crippen LogP contribution in [-0.2, 0) is 11.2 Å². The highest BCUT2D eigenvalue weighted by atomic mass is 35.5. The summed E-state index contributed by atoms with van der Waals surface area (Å²) in [5.41, 5.74) is 5.88. The standard InChI is InChI=1S/C10H11ClFNO2/c11-7-1-2-9(12)6(3-7)4-8(13)5-10(14)15/h1-3,8H,4-5,13H2,(H,14,15). The predicted octanol–water partition coefficient (Wildman–Crippen LogP) is 1.82. The number of benzene rings is 1. The van der Waals surface area contributed by atoms with Crippen LogP contribution < -0.4 is 5.73 Å². The molecule has 0 heterocycles. The first-order valence-corrected chi connectivity index (χ1v) is 4.78. The van der Waals surface area contributed by atoms with Crippen LogP contribution in [0.4, 0.5) is 4.39 Å². The average molecular weight is 232 g/mol. The summed E-state index contributed by atoms with van der Waals surface area (Å²) >= 11 is 5.68. The van der Waals surface area contributed by atoms with E-state index in [0.717, 1.165) is 0 Å². The molecular weight excluding hydrogens is 221 g/mol. The summed E-state index contributed by atoms with van der Waals surface area (Å²) in [6, 6.07) is 3.53. The van der Waals surface area contributed by atoms with Crippen LogP contribution in [0.15, 0.2) is 18.2 Å². The zero-order valence-electron chi connectivity index (χ0n) is 7.91. The highest BCUT2D eigenvalue weighted by Gasteiger charge is 2.11. The summed E-state index contributed by atoms with van der Waals surface area (Å²) < 4.78 is 13.2. The Hall–Kier alpha value is -1.13. The van der Waals surface area contributed by atoms with Crippen molar-refractivity contribution in [1.82, 2.24) is 0 Å². The van der Waals surface area contributed by atoms with Crippen LogP contribution >= 0.6 is 11.6 Å². The van der Waals surface area contributed by atoms with Gasteiger partial charge in [-0.25, -0.2) is 4.39 Å². The van der Waals surface area contributed by atoms with Crippen LogP contribution in [0.3, 0.4) is 0 Å². The molecule has 15 heavy (non-hydrogen) atoms. The number of carbonyl (C=O) groups is 1. The summed E-state index contributed by atoms with van der Waals surface area (Å²) in [7, 11) is 0. The smallest absolute Gasteiger partial charge is 0.304 e. The third-order valence-electron chi connectivity index (χ3n) is 1.93. The molecule has 0 aromatic heterocycles. The van der Waals surface area contributed by atoms with E-state index in [1.807, 2.05) is 0 Å². The maximum absolute atomic E-state index is 13.2. The molecule has 0 aliphatic rings. The Kier molecular flexibility index (Phi) is 4.05. The van der Waals surface area contributed by atoms with E-state index >= 15 is 0 Å². The first-order valence-electron chi connectivity index (χ1n) is 4.40. The van der Waals surface area contributed by atoms with Gasteiger partial charge in [0.1, 0.15) is 5.82 Å². The van der Waals surface area contributed by atoms with Crippen LogP contribution in [0, 0.1) is 5.82 Å². The number of halogens is 2. The zero-order valence-corrected chi connectivity index (χ0v) is 8.67. The molecule has 5 heteroatoms. The van der Waals surface area contributed by atoms with E-state index in [9.17, 15) is 9.18 Å². The van der Waals surface area contributed by atoms with E-state index in [1.54, 1.807) is 0 Å². The highest BCUT2D eigenvalue weighted by molar-refractivity contribution is 6.30. The molecule has 0 saturated heterocycles. The van der Waals surface area contributed by atoms with Gasteiger partial charge in [0, 0.05) is 11.1 Å². The maximum atomic E-state index is 13.2. The number of rotatable bonds is 4. The average Bonchev–Trinajstić information content (AvgIpc) is 2.10. The summed E-state index contributed by atoms with van der Waals surface area (Å²) in [5.74, 6) is -1.41. The van der Waals surface area contributed by atoms with Gasteiger partial charge in [-0.05, 0) is 30.2 Å². The van der Waals surface area contributed by atoms with Crippen molar-refractivity contribution in [3.63, 3.8) is 0 Å². The second-order valence-electron chi connectivity index (χ2n) is 3.30. The van der Waals surface area contributed by atoms with Gasteiger partial charge in [-0.3, -0.25) is 4.79 Å². The van der Waals surface area contributed by atoms with Gasteiger partial charge in [-0.15, -0.1) is 0 Å². The molecular formula is C10H11ClFNO2. The summed E-state index contributed by atoms with van der Waals surface area (Å²) in [6.07, 6.45) is -0.0232. The fourth-order valence-electron chi connectivity index (χ4n) is 1.28. The summed E-state index contributed by atoms with van der Waals surface area (Å²) in [4.78, 5) is 10.4. The normalized spacial score (nSPS) is 12.5. The van der Waals surface area contributed by atoms with Crippen LogP contribution in [0.1, 0.15) is 12.0 Å². The van der Waals surface area contributed by atoms with Crippen molar-refractivity contribution in [2.24, 2.45) is 5.73 Å². The predicted molar refractivity (Wildman–Crippen MR) is 55.3 cm³/mol. The minimum atomic E-state index is -0.995. The molecule has 1 atom stereocenters. The molecule has 1 aromatic carbocycles. The Labute approximate surface area is 91.7 Å². The van der Waals surface area contributed by atoms with E-state index in [1.165, 1.54) is 18.2 Å². The van der Waals surface area contributed by atoms with Crippen molar-refractivity contribution < 1.29 is 14.3 Å². The first-order chi connectivity index (χ1) is 6.99. The molecule has 1 rings (SSSR count). The lowest BCUT2D eigenvalue weighted by molar-refractivity contribution is -0.137. The second kappa shape index (κ2) is 5.09. The van der Waals surface area contributed by atoms with Gasteiger partial charge in [0.05, 0.1) is 6.42 Å². The second-order valence-corrected chi connectivity index (χ2v) is 3.73. The van der Waals surface area contributed by atoms with Crippen molar-refractivity contribution in [2.45, 2.75) is 18.9 Å². The molecule has 0 aliphatic heterocycles. The quantitative estimate of drug-likeness (QED) is 0.831. The number of carboxylic acid groups (broad SMARTS) is 1. The fourth-order valence-corrected chi connectivity index (χ4v) is 1.47. The van der Waals surface area contributed by atoms with Gasteiger partial charge in [0.15, 0.2) is 0 Å². The van der Waals surface area contributed by atoms with E-state index in [4.69, 9.17) is 22.4 Å². The molecule has 1 aromatic rings. The summed E-state index contributed by atoms with van der Waals surface area (Å²) in [6.45, 7) is 0. The van der Waals surface area contributed by atoms with Gasteiger partial charge in [0.25, 0.3) is 0 Å². The third kappa shape index (κ3) is 3.85. The number of hydrogen-bond donors (Lipinski definition) is 2. The maximum Gasteiger partial charge on any atom is 0.304 e. The van der Waals surface area contributed by atoms with Gasteiger partial charge >= 0.3 is 5.97 Å². The first kappa shape index (κ1) is 11.9. The minimum Gasteiger partial charge on any atom is -0.481 e. The minimum absolute atomic E-state index is 0.165. The lowest BCUT2D eigenvalue weighted by Crippen LogP contribution is -2.26. The molecule has 82 valence electrons. The molecule has 0 amide bonds. The Morgan fingerprint density at radius 3 is 2.87 bits per heavy atom. The van der Waals surface area contributed by atoms with E-state index in [2.05, 4.69) is 0 Å². The van der Waals surface area contributed by atoms with E-state index in [0.29, 0.717) is 10.6 Å². The zero-order chi connectivity index (χ0) is 11.4. The van der Waals surface area contributed by atoms with Crippen LogP contribution in [0.5, 0.6) is 0 Å². The number of nitrogens with two attached hydrogens (primary N) is 1. The van der Waals surface area contributed by atoms with E-state index < -0.39 is 17.8 Å². The van der Waals surface area contributed by atoms with Gasteiger partial charge in [-0.2, -0.15) is 0 Å². The van der Waals surface area contributed by atoms with Crippen LogP contribution in [-0.4, -0.2) is 17.1 Å². The lowest BCUT2D eigenvalue weighted by atomic mass is 10.0. The number of aliphatic carboxylic acids is 1. The van der Waals surface area contributed by atoms with E-state index in [-0.39, 0.29) is 12.8 Å². The van der Waals surface area contributed by atoms with Crippen molar-refractivity contribution in [1.29, 1.82) is 0 Å². The lowest BCUT2D eigenvalue weighted by Gasteiger charge is -2.09. The third-order valence-corrected chi connectivity index (χ3v) is 2.16. The summed E-state index contributed by atoms with van der Waals surface area (Å²) in [5, 5.41) is 8.90. The molecule has 0 aliphatic carbocycles. The molecule has 0 fully saturated rings. The van der Waals surface area contributed by atoms with Crippen LogP contribution in [0.2, 0.25) is 5.02 Å². The molecule has 0 bridgehead atoms. The van der Waals surface area contributed by atoms with Gasteiger partial charge in [0.2, 0.25) is 0 Å². The highest BCUT2D eigenvalue weighted by Crippen LogP contribution is 2.16. The van der Waals surface area contributed by atoms with Gasteiger partial charge < -0.3 is 10.8 Å². The number of hydrogen-bond acceptors (Lipinski definition) is 2. The molecule has 1 unspecified atom stereocenters. The Morgan fingerprint density at radius 1 is 1.60 bits per heavy atom. The fraction of sp³-hybridized carbons (Fsp3) is 0.300. The van der Waals surface area contributed by atoms with Gasteiger partial charge in [-0.1, -0.05) is 11.6 Å². The molecule has 3 N–H and O–H groups in total. The monoisotopic (exact) mass is 231 g/mol. The van der Waals surface area contributed by atoms with Crippen molar-refractivity contribution in [2.75, 3.05) is 0 Å². The number of carboxylic acids is 1. The molecule has 0 saturated carbocycles. The van der Waals surface area contributed by atoms with Crippen molar-refractivity contribution in [3.8, 4) is 0 Å². The largest absolute Gasteiger partial charge is 0.481 e. The molecule has 0 spiro atoms. The van der Waals surface area contributed by atoms with Crippen LogP contribution in [0.25, 0.3) is 0 Å². The Balaban J connectivity index is 2.71. The Bertz CT molecular complexity index is 370. The van der Waals surface area contributed by atoms with Crippen molar-refractivity contribution >= 4 is 17.6 Å². The Morgan fingerprint density at radius 2 is 2.27 bits per heavy atom. The molecule has 0 radical (unpaired) electrons. The molecule has 3 nitrogen and oxygen atoms in total. The topological polar surface area (TPSA) is 63.3 Å². The van der Waals surface area contributed by atoms with Crippen molar-refractivity contribution in [3.05, 3.63) is 34.6 Å². The SMILES string of the molecule is NC(CC(=O)O)Cc1cc(Cl)ccc1F.